The number of nitrogens with one attached hydrogen (secondary N) is 2. The van der Waals surface area contributed by atoms with Crippen LogP contribution in [0.2, 0.25) is 0 Å². The molecule has 1 heterocycles. The first kappa shape index (κ1) is 22.5. The number of aryl methyl sites for hydroxylation is 2. The van der Waals surface area contributed by atoms with Crippen molar-refractivity contribution in [3.05, 3.63) is 53.9 Å². The Morgan fingerprint density at radius 2 is 1.96 bits per heavy atom. The number of halogens is 1. The van der Waals surface area contributed by atoms with E-state index in [2.05, 4.69) is 67.7 Å². The Hall–Kier alpha value is -1.57. The molecule has 0 radical (unpaired) electrons. The van der Waals surface area contributed by atoms with Crippen LogP contribution in [0.3, 0.4) is 0 Å². The van der Waals surface area contributed by atoms with Gasteiger partial charge in [0.1, 0.15) is 0 Å². The predicted molar refractivity (Wildman–Crippen MR) is 120 cm³/mol. The minimum atomic E-state index is 0. The highest BCUT2D eigenvalue weighted by Gasteiger charge is 2.22. The van der Waals surface area contributed by atoms with E-state index in [9.17, 15) is 0 Å². The van der Waals surface area contributed by atoms with Crippen LogP contribution in [0.5, 0.6) is 0 Å². The predicted octanol–water partition coefficient (Wildman–Crippen LogP) is 3.73. The van der Waals surface area contributed by atoms with Crippen LogP contribution in [-0.2, 0) is 12.0 Å². The van der Waals surface area contributed by atoms with Crippen molar-refractivity contribution >= 4 is 29.9 Å². The number of rotatable bonds is 8. The Labute approximate surface area is 174 Å². The van der Waals surface area contributed by atoms with Gasteiger partial charge in [0.05, 0.1) is 6.54 Å². The van der Waals surface area contributed by atoms with Crippen LogP contribution in [0, 0.1) is 6.92 Å². The van der Waals surface area contributed by atoms with E-state index in [1.165, 1.54) is 11.1 Å². The molecule has 0 fully saturated rings. The first-order chi connectivity index (χ1) is 12.0. The molecule has 0 amide bonds. The molecule has 0 bridgehead atoms. The van der Waals surface area contributed by atoms with Crippen LogP contribution in [0.15, 0.2) is 47.7 Å². The van der Waals surface area contributed by atoms with Gasteiger partial charge in [-0.3, -0.25) is 9.67 Å². The average Bonchev–Trinajstić information content (AvgIpc) is 3.10. The Balaban J connectivity index is 0.00000338. The van der Waals surface area contributed by atoms with Crippen molar-refractivity contribution in [3.8, 4) is 0 Å². The van der Waals surface area contributed by atoms with E-state index in [0.29, 0.717) is 0 Å². The van der Waals surface area contributed by atoms with E-state index in [-0.39, 0.29) is 29.4 Å². The second-order valence-electron chi connectivity index (χ2n) is 6.94. The van der Waals surface area contributed by atoms with Gasteiger partial charge < -0.3 is 10.6 Å². The Bertz CT molecular complexity index is 665. The molecule has 2 N–H and O–H groups in total. The lowest BCUT2D eigenvalue weighted by Crippen LogP contribution is -2.39. The number of aliphatic imine (C=N–C) groups is 1. The highest BCUT2D eigenvalue weighted by Crippen LogP contribution is 2.26. The summed E-state index contributed by atoms with van der Waals surface area (Å²) in [5.74, 6) is 0.879. The number of hydrogen-bond donors (Lipinski definition) is 2. The van der Waals surface area contributed by atoms with E-state index in [4.69, 9.17) is 4.99 Å². The van der Waals surface area contributed by atoms with Crippen molar-refractivity contribution in [2.24, 2.45) is 4.99 Å². The van der Waals surface area contributed by atoms with Crippen LogP contribution in [0.1, 0.15) is 38.3 Å². The maximum Gasteiger partial charge on any atom is 0.191 e. The Morgan fingerprint density at radius 1 is 1.19 bits per heavy atom. The summed E-state index contributed by atoms with van der Waals surface area (Å²) < 4.78 is 1.95. The third-order valence-corrected chi connectivity index (χ3v) is 4.27. The van der Waals surface area contributed by atoms with Gasteiger partial charge in [-0.1, -0.05) is 38.1 Å². The molecule has 0 aliphatic heterocycles. The molecule has 0 unspecified atom stereocenters. The van der Waals surface area contributed by atoms with Crippen LogP contribution < -0.4 is 10.6 Å². The van der Waals surface area contributed by atoms with Crippen LogP contribution >= 0.6 is 24.0 Å². The standard InChI is InChI=1S/C20H31N5.HI/c1-5-21-19(22-12-8-14-25-15-9-13-24-25)23-16-20(3,4)18-11-7-6-10-17(18)2;/h6-7,9-11,13,15H,5,8,12,14,16H2,1-4H3,(H2,21,22,23);1H. The largest absolute Gasteiger partial charge is 0.357 e. The number of aromatic nitrogens is 2. The van der Waals surface area contributed by atoms with Crippen LogP contribution in [0.4, 0.5) is 0 Å². The van der Waals surface area contributed by atoms with Gasteiger partial charge in [0.2, 0.25) is 0 Å². The molecular weight excluding hydrogens is 437 g/mol. The molecule has 2 rings (SSSR count). The molecular formula is C20H32IN5. The number of nitrogens with zero attached hydrogens (tertiary/aromatic N) is 3. The molecule has 6 heteroatoms. The van der Waals surface area contributed by atoms with E-state index in [1.807, 2.05) is 23.1 Å². The molecule has 144 valence electrons. The quantitative estimate of drug-likeness (QED) is 0.268. The van der Waals surface area contributed by atoms with Gasteiger partial charge in [-0.25, -0.2) is 0 Å². The molecule has 1 aromatic heterocycles. The van der Waals surface area contributed by atoms with Crippen LogP contribution in [-0.4, -0.2) is 35.4 Å². The molecule has 5 nitrogen and oxygen atoms in total. The first-order valence-electron chi connectivity index (χ1n) is 9.08. The minimum absolute atomic E-state index is 0. The molecule has 0 aliphatic carbocycles. The third-order valence-electron chi connectivity index (χ3n) is 4.27. The van der Waals surface area contributed by atoms with Crippen LogP contribution in [0.25, 0.3) is 0 Å². The summed E-state index contributed by atoms with van der Waals surface area (Å²) in [6.45, 7) is 12.1. The SMILES string of the molecule is CCNC(=NCC(C)(C)c1ccccc1C)NCCCn1cccn1.I. The van der Waals surface area contributed by atoms with Crippen molar-refractivity contribution in [3.63, 3.8) is 0 Å². The van der Waals surface area contributed by atoms with Gasteiger partial charge >= 0.3 is 0 Å². The second kappa shape index (κ2) is 11.2. The molecule has 0 saturated carbocycles. The monoisotopic (exact) mass is 469 g/mol. The molecule has 26 heavy (non-hydrogen) atoms. The zero-order valence-corrected chi connectivity index (χ0v) is 18.7. The van der Waals surface area contributed by atoms with Gasteiger partial charge in [-0.05, 0) is 37.5 Å². The molecule has 1 aromatic carbocycles. The fraction of sp³-hybridized carbons (Fsp3) is 0.500. The molecule has 0 saturated heterocycles. The number of benzene rings is 1. The van der Waals surface area contributed by atoms with Crippen molar-refractivity contribution in [2.75, 3.05) is 19.6 Å². The fourth-order valence-corrected chi connectivity index (χ4v) is 2.92. The topological polar surface area (TPSA) is 54.2 Å². The van der Waals surface area contributed by atoms with Crippen molar-refractivity contribution < 1.29 is 0 Å². The van der Waals surface area contributed by atoms with Crippen molar-refractivity contribution in [1.29, 1.82) is 0 Å². The first-order valence-corrected chi connectivity index (χ1v) is 9.08. The summed E-state index contributed by atoms with van der Waals surface area (Å²) >= 11 is 0. The molecule has 0 spiro atoms. The normalized spacial score (nSPS) is 11.8. The summed E-state index contributed by atoms with van der Waals surface area (Å²) in [5.41, 5.74) is 2.68. The molecule has 0 aliphatic rings. The lowest BCUT2D eigenvalue weighted by Gasteiger charge is -2.25. The van der Waals surface area contributed by atoms with E-state index >= 15 is 0 Å². The third kappa shape index (κ3) is 6.97. The summed E-state index contributed by atoms with van der Waals surface area (Å²) in [4.78, 5) is 4.81. The number of hydrogen-bond acceptors (Lipinski definition) is 2. The highest BCUT2D eigenvalue weighted by molar-refractivity contribution is 14.0. The van der Waals surface area contributed by atoms with Gasteiger partial charge in [0.15, 0.2) is 5.96 Å². The maximum absolute atomic E-state index is 4.81. The summed E-state index contributed by atoms with van der Waals surface area (Å²) in [5, 5.41) is 11.0. The lowest BCUT2D eigenvalue weighted by molar-refractivity contribution is 0.532. The molecule has 2 aromatic rings. The Morgan fingerprint density at radius 3 is 2.62 bits per heavy atom. The van der Waals surface area contributed by atoms with E-state index in [0.717, 1.165) is 38.6 Å². The zero-order valence-electron chi connectivity index (χ0n) is 16.3. The Kier molecular flexibility index (Phi) is 9.69. The summed E-state index contributed by atoms with van der Waals surface area (Å²) in [6.07, 6.45) is 4.81. The fourth-order valence-electron chi connectivity index (χ4n) is 2.92. The van der Waals surface area contributed by atoms with Gasteiger partial charge in [0.25, 0.3) is 0 Å². The number of guanidine groups is 1. The highest BCUT2D eigenvalue weighted by atomic mass is 127. The smallest absolute Gasteiger partial charge is 0.191 e. The lowest BCUT2D eigenvalue weighted by atomic mass is 9.82. The average molecular weight is 469 g/mol. The van der Waals surface area contributed by atoms with Crippen molar-refractivity contribution in [1.82, 2.24) is 20.4 Å². The van der Waals surface area contributed by atoms with E-state index in [1.54, 1.807) is 0 Å². The summed E-state index contributed by atoms with van der Waals surface area (Å²) in [7, 11) is 0. The second-order valence-corrected chi connectivity index (χ2v) is 6.94. The minimum Gasteiger partial charge on any atom is -0.357 e. The zero-order chi connectivity index (χ0) is 18.1. The maximum atomic E-state index is 4.81. The van der Waals surface area contributed by atoms with E-state index < -0.39 is 0 Å². The molecule has 0 atom stereocenters. The van der Waals surface area contributed by atoms with Gasteiger partial charge in [-0.2, -0.15) is 5.10 Å². The van der Waals surface area contributed by atoms with Crippen molar-refractivity contribution in [2.45, 2.75) is 46.1 Å². The van der Waals surface area contributed by atoms with Gasteiger partial charge in [-0.15, -0.1) is 24.0 Å². The summed E-state index contributed by atoms with van der Waals surface area (Å²) in [6, 6.07) is 10.5. The van der Waals surface area contributed by atoms with Gasteiger partial charge in [0, 0.05) is 37.4 Å².